The van der Waals surface area contributed by atoms with Crippen LogP contribution in [0, 0.1) is 5.92 Å². The van der Waals surface area contributed by atoms with E-state index in [2.05, 4.69) is 35.6 Å². The van der Waals surface area contributed by atoms with Crippen LogP contribution in [0.4, 0.5) is 5.95 Å². The maximum absolute atomic E-state index is 4.47. The summed E-state index contributed by atoms with van der Waals surface area (Å²) in [7, 11) is 0. The van der Waals surface area contributed by atoms with E-state index >= 15 is 0 Å². The van der Waals surface area contributed by atoms with Crippen LogP contribution in [-0.4, -0.2) is 23.1 Å². The zero-order valence-corrected chi connectivity index (χ0v) is 10.5. The third-order valence-electron chi connectivity index (χ3n) is 3.47. The molecule has 1 aliphatic rings. The Hall–Kier alpha value is -1.12. The number of rotatable bonds is 3. The van der Waals surface area contributed by atoms with Crippen molar-refractivity contribution in [3.05, 3.63) is 18.0 Å². The molecule has 88 valence electrons. The van der Waals surface area contributed by atoms with Gasteiger partial charge in [-0.15, -0.1) is 0 Å². The third kappa shape index (κ3) is 2.34. The average molecular weight is 219 g/mol. The molecule has 0 bridgehead atoms. The lowest BCUT2D eigenvalue weighted by Gasteiger charge is -2.16. The quantitative estimate of drug-likeness (QED) is 0.782. The van der Waals surface area contributed by atoms with Crippen molar-refractivity contribution >= 4 is 5.95 Å². The first-order valence-electron chi connectivity index (χ1n) is 6.27. The molecule has 0 unspecified atom stereocenters. The van der Waals surface area contributed by atoms with Gasteiger partial charge in [0, 0.05) is 25.5 Å². The van der Waals surface area contributed by atoms with Gasteiger partial charge in [0.2, 0.25) is 5.95 Å². The summed E-state index contributed by atoms with van der Waals surface area (Å²) in [4.78, 5) is 11.2. The first-order chi connectivity index (χ1) is 7.70. The number of hydrogen-bond donors (Lipinski definition) is 0. The van der Waals surface area contributed by atoms with E-state index in [0.717, 1.165) is 25.0 Å². The van der Waals surface area contributed by atoms with E-state index in [1.165, 1.54) is 18.4 Å². The van der Waals surface area contributed by atoms with Crippen molar-refractivity contribution in [2.24, 2.45) is 5.92 Å². The molecule has 16 heavy (non-hydrogen) atoms. The van der Waals surface area contributed by atoms with Crippen LogP contribution in [0.25, 0.3) is 0 Å². The molecule has 2 heterocycles. The van der Waals surface area contributed by atoms with Crippen molar-refractivity contribution in [3.63, 3.8) is 0 Å². The van der Waals surface area contributed by atoms with Crippen LogP contribution in [-0.2, 0) is 0 Å². The van der Waals surface area contributed by atoms with Crippen molar-refractivity contribution in [3.8, 4) is 0 Å². The lowest BCUT2D eigenvalue weighted by molar-refractivity contribution is 0.568. The van der Waals surface area contributed by atoms with E-state index < -0.39 is 0 Å². The molecule has 0 aliphatic carbocycles. The van der Waals surface area contributed by atoms with E-state index in [1.807, 2.05) is 12.4 Å². The first-order valence-corrected chi connectivity index (χ1v) is 6.27. The van der Waals surface area contributed by atoms with Crippen molar-refractivity contribution in [2.45, 2.75) is 39.5 Å². The molecule has 1 aromatic rings. The monoisotopic (exact) mass is 219 g/mol. The molecule has 0 spiro atoms. The predicted molar refractivity (Wildman–Crippen MR) is 66.7 cm³/mol. The largest absolute Gasteiger partial charge is 0.341 e. The van der Waals surface area contributed by atoms with Crippen LogP contribution in [0.3, 0.4) is 0 Å². The van der Waals surface area contributed by atoms with Crippen LogP contribution in [0.5, 0.6) is 0 Å². The highest BCUT2D eigenvalue weighted by molar-refractivity contribution is 5.32. The molecule has 2 rings (SSSR count). The molecule has 1 aliphatic heterocycles. The van der Waals surface area contributed by atoms with Gasteiger partial charge in [-0.25, -0.2) is 9.97 Å². The van der Waals surface area contributed by atoms with Gasteiger partial charge in [0.25, 0.3) is 0 Å². The number of anilines is 1. The fourth-order valence-corrected chi connectivity index (χ4v) is 2.14. The Balaban J connectivity index is 2.05. The summed E-state index contributed by atoms with van der Waals surface area (Å²) in [5, 5.41) is 0. The highest BCUT2D eigenvalue weighted by atomic mass is 15.3. The van der Waals surface area contributed by atoms with Gasteiger partial charge >= 0.3 is 0 Å². The average Bonchev–Trinajstić information content (AvgIpc) is 2.77. The Morgan fingerprint density at radius 3 is 2.56 bits per heavy atom. The lowest BCUT2D eigenvalue weighted by atomic mass is 10.1. The van der Waals surface area contributed by atoms with Gasteiger partial charge in [-0.2, -0.15) is 0 Å². The van der Waals surface area contributed by atoms with Gasteiger partial charge < -0.3 is 4.90 Å². The van der Waals surface area contributed by atoms with Crippen LogP contribution in [0.15, 0.2) is 12.4 Å². The summed E-state index contributed by atoms with van der Waals surface area (Å²) in [6, 6.07) is 0. The zero-order valence-electron chi connectivity index (χ0n) is 10.5. The van der Waals surface area contributed by atoms with Gasteiger partial charge in [0.1, 0.15) is 0 Å². The topological polar surface area (TPSA) is 29.0 Å². The Morgan fingerprint density at radius 2 is 2.06 bits per heavy atom. The Kier molecular flexibility index (Phi) is 3.42. The predicted octanol–water partition coefficient (Wildman–Crippen LogP) is 2.84. The number of aromatic nitrogens is 2. The van der Waals surface area contributed by atoms with Crippen molar-refractivity contribution in [2.75, 3.05) is 18.0 Å². The molecule has 0 saturated carbocycles. The van der Waals surface area contributed by atoms with Crippen LogP contribution in [0.1, 0.15) is 45.1 Å². The fraction of sp³-hybridized carbons (Fsp3) is 0.692. The van der Waals surface area contributed by atoms with Crippen LogP contribution < -0.4 is 4.90 Å². The standard InChI is InChI=1S/C13H21N3/c1-4-11-5-6-16(9-11)13-14-7-12(8-15-13)10(2)3/h7-8,10-11H,4-6,9H2,1-3H3/t11-/m0/s1. The summed E-state index contributed by atoms with van der Waals surface area (Å²) >= 11 is 0. The highest BCUT2D eigenvalue weighted by Crippen LogP contribution is 2.23. The molecule has 0 amide bonds. The lowest BCUT2D eigenvalue weighted by Crippen LogP contribution is -2.22. The van der Waals surface area contributed by atoms with E-state index in [1.54, 1.807) is 0 Å². The second kappa shape index (κ2) is 4.81. The zero-order chi connectivity index (χ0) is 11.5. The minimum atomic E-state index is 0.510. The normalized spacial score (nSPS) is 20.8. The van der Waals surface area contributed by atoms with E-state index in [0.29, 0.717) is 5.92 Å². The van der Waals surface area contributed by atoms with E-state index in [4.69, 9.17) is 0 Å². The first kappa shape index (κ1) is 11.4. The van der Waals surface area contributed by atoms with Gasteiger partial charge in [-0.3, -0.25) is 0 Å². The number of nitrogens with zero attached hydrogens (tertiary/aromatic N) is 3. The minimum absolute atomic E-state index is 0.510. The molecule has 0 radical (unpaired) electrons. The minimum Gasteiger partial charge on any atom is -0.341 e. The van der Waals surface area contributed by atoms with E-state index in [-0.39, 0.29) is 0 Å². The molecule has 3 nitrogen and oxygen atoms in total. The Labute approximate surface area is 97.9 Å². The fourth-order valence-electron chi connectivity index (χ4n) is 2.14. The molecule has 0 N–H and O–H groups in total. The van der Waals surface area contributed by atoms with Gasteiger partial charge in [0.15, 0.2) is 0 Å². The van der Waals surface area contributed by atoms with Crippen LogP contribution >= 0.6 is 0 Å². The summed E-state index contributed by atoms with van der Waals surface area (Å²) < 4.78 is 0. The molecule has 1 aromatic heterocycles. The van der Waals surface area contributed by atoms with Crippen molar-refractivity contribution in [1.82, 2.24) is 9.97 Å². The Morgan fingerprint density at radius 1 is 1.38 bits per heavy atom. The van der Waals surface area contributed by atoms with Crippen LogP contribution in [0.2, 0.25) is 0 Å². The highest BCUT2D eigenvalue weighted by Gasteiger charge is 2.22. The van der Waals surface area contributed by atoms with Gasteiger partial charge in [-0.1, -0.05) is 27.2 Å². The van der Waals surface area contributed by atoms with E-state index in [9.17, 15) is 0 Å². The molecule has 1 saturated heterocycles. The molecule has 1 fully saturated rings. The third-order valence-corrected chi connectivity index (χ3v) is 3.47. The summed E-state index contributed by atoms with van der Waals surface area (Å²) in [6.45, 7) is 8.83. The Bertz CT molecular complexity index is 332. The molecule has 1 atom stereocenters. The van der Waals surface area contributed by atoms with Crippen molar-refractivity contribution in [1.29, 1.82) is 0 Å². The maximum Gasteiger partial charge on any atom is 0.225 e. The van der Waals surface area contributed by atoms with Gasteiger partial charge in [-0.05, 0) is 23.8 Å². The molecule has 3 heteroatoms. The molecular formula is C13H21N3. The summed E-state index contributed by atoms with van der Waals surface area (Å²) in [5.41, 5.74) is 1.22. The summed E-state index contributed by atoms with van der Waals surface area (Å²) in [6.07, 6.45) is 6.48. The number of hydrogen-bond acceptors (Lipinski definition) is 3. The smallest absolute Gasteiger partial charge is 0.225 e. The maximum atomic E-state index is 4.47. The van der Waals surface area contributed by atoms with Gasteiger partial charge in [0.05, 0.1) is 0 Å². The summed E-state index contributed by atoms with van der Waals surface area (Å²) in [5.74, 6) is 2.24. The second-order valence-corrected chi connectivity index (χ2v) is 4.98. The molecule has 0 aromatic carbocycles. The molecular weight excluding hydrogens is 198 g/mol. The SMILES string of the molecule is CC[C@H]1CCN(c2ncc(C(C)C)cn2)C1. The second-order valence-electron chi connectivity index (χ2n) is 4.98. The van der Waals surface area contributed by atoms with Crippen molar-refractivity contribution < 1.29 is 0 Å².